The molecule has 2 rings (SSSR count). The smallest absolute Gasteiger partial charge is 0.180 e. The van der Waals surface area contributed by atoms with Crippen molar-refractivity contribution in [2.75, 3.05) is 0 Å². The molecule has 0 saturated heterocycles. The van der Waals surface area contributed by atoms with Crippen molar-refractivity contribution in [1.29, 1.82) is 0 Å². The van der Waals surface area contributed by atoms with E-state index in [1.165, 1.54) is 18.3 Å². The minimum Gasteiger partial charge on any atom is -0.300 e. The second-order valence-corrected chi connectivity index (χ2v) is 5.16. The second kappa shape index (κ2) is 5.74. The lowest BCUT2D eigenvalue weighted by Crippen LogP contribution is -2.15. The summed E-state index contributed by atoms with van der Waals surface area (Å²) in [6.45, 7) is 1.53. The summed E-state index contributed by atoms with van der Waals surface area (Å²) >= 11 is 1.42. The Labute approximate surface area is 110 Å². The van der Waals surface area contributed by atoms with E-state index in [4.69, 9.17) is 0 Å². The summed E-state index contributed by atoms with van der Waals surface area (Å²) in [4.78, 5) is 24.5. The Balaban J connectivity index is 2.31. The number of rotatable bonds is 5. The zero-order chi connectivity index (χ0) is 13.0. The zero-order valence-electron chi connectivity index (χ0n) is 10.1. The molecule has 1 heterocycles. The molecule has 1 atom stereocenters. The molecule has 0 aliphatic carbocycles. The highest BCUT2D eigenvalue weighted by atomic mass is 32.1. The van der Waals surface area contributed by atoms with Crippen LogP contribution in [0.25, 0.3) is 0 Å². The molecule has 1 aromatic carbocycles. The van der Waals surface area contributed by atoms with E-state index in [2.05, 4.69) is 0 Å². The standard InChI is InChI=1S/C15H14O2S/c1-11(16)10-13(12-6-3-2-4-7-12)15(17)14-8-5-9-18-14/h2-9,13H,10H2,1H3. The largest absolute Gasteiger partial charge is 0.300 e. The highest BCUT2D eigenvalue weighted by molar-refractivity contribution is 7.12. The quantitative estimate of drug-likeness (QED) is 0.766. The van der Waals surface area contributed by atoms with Gasteiger partial charge in [-0.25, -0.2) is 0 Å². The SMILES string of the molecule is CC(=O)CC(C(=O)c1cccs1)c1ccccc1. The number of hydrogen-bond acceptors (Lipinski definition) is 3. The fourth-order valence-corrected chi connectivity index (χ4v) is 2.64. The summed E-state index contributed by atoms with van der Waals surface area (Å²) < 4.78 is 0. The Morgan fingerprint density at radius 3 is 2.39 bits per heavy atom. The van der Waals surface area contributed by atoms with Crippen LogP contribution in [0, 0.1) is 0 Å². The molecular formula is C15H14O2S. The zero-order valence-corrected chi connectivity index (χ0v) is 10.9. The van der Waals surface area contributed by atoms with Crippen LogP contribution < -0.4 is 0 Å². The van der Waals surface area contributed by atoms with Crippen molar-refractivity contribution in [3.05, 3.63) is 58.3 Å². The number of carbonyl (C=O) groups is 2. The first-order valence-corrected chi connectivity index (χ1v) is 6.68. The molecule has 2 aromatic rings. The molecule has 0 aliphatic rings. The number of Topliss-reactive ketones (excluding diaryl/α,β-unsaturated/α-hetero) is 2. The van der Waals surface area contributed by atoms with Gasteiger partial charge in [-0.15, -0.1) is 11.3 Å². The molecular weight excluding hydrogens is 244 g/mol. The molecule has 1 aromatic heterocycles. The van der Waals surface area contributed by atoms with Crippen LogP contribution in [0.4, 0.5) is 0 Å². The molecule has 3 heteroatoms. The van der Waals surface area contributed by atoms with Gasteiger partial charge in [0.1, 0.15) is 5.78 Å². The van der Waals surface area contributed by atoms with Crippen molar-refractivity contribution >= 4 is 22.9 Å². The summed E-state index contributed by atoms with van der Waals surface area (Å²) in [5.41, 5.74) is 0.908. The molecule has 92 valence electrons. The molecule has 0 N–H and O–H groups in total. The highest BCUT2D eigenvalue weighted by Crippen LogP contribution is 2.26. The van der Waals surface area contributed by atoms with Crippen LogP contribution in [0.5, 0.6) is 0 Å². The van der Waals surface area contributed by atoms with Crippen molar-refractivity contribution in [3.8, 4) is 0 Å². The van der Waals surface area contributed by atoms with Gasteiger partial charge in [-0.1, -0.05) is 36.4 Å². The minimum absolute atomic E-state index is 0.0337. The molecule has 0 amide bonds. The fraction of sp³-hybridized carbons (Fsp3) is 0.200. The van der Waals surface area contributed by atoms with Crippen molar-refractivity contribution in [1.82, 2.24) is 0 Å². The van der Waals surface area contributed by atoms with Crippen LogP contribution in [-0.2, 0) is 4.79 Å². The van der Waals surface area contributed by atoms with Crippen molar-refractivity contribution in [2.24, 2.45) is 0 Å². The molecule has 0 radical (unpaired) electrons. The first-order valence-electron chi connectivity index (χ1n) is 5.80. The van der Waals surface area contributed by atoms with E-state index in [-0.39, 0.29) is 23.9 Å². The van der Waals surface area contributed by atoms with Crippen molar-refractivity contribution in [2.45, 2.75) is 19.3 Å². The van der Waals surface area contributed by atoms with Gasteiger partial charge in [0.05, 0.1) is 10.8 Å². The van der Waals surface area contributed by atoms with Gasteiger partial charge in [-0.3, -0.25) is 9.59 Å². The third-order valence-corrected chi connectivity index (χ3v) is 3.66. The van der Waals surface area contributed by atoms with E-state index in [0.29, 0.717) is 4.88 Å². The molecule has 0 spiro atoms. The number of carbonyl (C=O) groups excluding carboxylic acids is 2. The maximum Gasteiger partial charge on any atom is 0.180 e. The molecule has 0 fully saturated rings. The topological polar surface area (TPSA) is 34.1 Å². The van der Waals surface area contributed by atoms with Crippen LogP contribution in [0.15, 0.2) is 47.8 Å². The van der Waals surface area contributed by atoms with Gasteiger partial charge in [-0.2, -0.15) is 0 Å². The normalized spacial score (nSPS) is 12.1. The average molecular weight is 258 g/mol. The molecule has 0 saturated carbocycles. The molecule has 2 nitrogen and oxygen atoms in total. The van der Waals surface area contributed by atoms with Gasteiger partial charge in [0.15, 0.2) is 5.78 Å². The summed E-state index contributed by atoms with van der Waals surface area (Å²) in [5, 5.41) is 1.88. The Morgan fingerprint density at radius 1 is 1.11 bits per heavy atom. The predicted molar refractivity (Wildman–Crippen MR) is 73.1 cm³/mol. The van der Waals surface area contributed by atoms with Crippen LogP contribution in [0.1, 0.15) is 34.5 Å². The van der Waals surface area contributed by atoms with Crippen LogP contribution in [-0.4, -0.2) is 11.6 Å². The predicted octanol–water partition coefficient (Wildman–Crippen LogP) is 3.69. The van der Waals surface area contributed by atoms with Gasteiger partial charge in [-0.05, 0) is 23.9 Å². The van der Waals surface area contributed by atoms with Gasteiger partial charge in [0.25, 0.3) is 0 Å². The highest BCUT2D eigenvalue weighted by Gasteiger charge is 2.23. The van der Waals surface area contributed by atoms with Crippen LogP contribution >= 0.6 is 11.3 Å². The Morgan fingerprint density at radius 2 is 1.83 bits per heavy atom. The van der Waals surface area contributed by atoms with E-state index >= 15 is 0 Å². The Kier molecular flexibility index (Phi) is 4.05. The second-order valence-electron chi connectivity index (χ2n) is 4.21. The van der Waals surface area contributed by atoms with Crippen LogP contribution in [0.3, 0.4) is 0 Å². The fourth-order valence-electron chi connectivity index (χ4n) is 1.93. The molecule has 0 aliphatic heterocycles. The van der Waals surface area contributed by atoms with Gasteiger partial charge >= 0.3 is 0 Å². The molecule has 1 unspecified atom stereocenters. The number of benzene rings is 1. The maximum atomic E-state index is 12.4. The first kappa shape index (κ1) is 12.7. The lowest BCUT2D eigenvalue weighted by Gasteiger charge is -2.13. The number of ketones is 2. The number of thiophene rings is 1. The third-order valence-electron chi connectivity index (χ3n) is 2.77. The minimum atomic E-state index is -0.359. The maximum absolute atomic E-state index is 12.4. The average Bonchev–Trinajstić information content (AvgIpc) is 2.90. The first-order chi connectivity index (χ1) is 8.68. The van der Waals surface area contributed by atoms with Gasteiger partial charge in [0, 0.05) is 6.42 Å². The van der Waals surface area contributed by atoms with Gasteiger partial charge in [0.2, 0.25) is 0 Å². The Bertz CT molecular complexity index is 529. The monoisotopic (exact) mass is 258 g/mol. The Hall–Kier alpha value is -1.74. The summed E-state index contributed by atoms with van der Waals surface area (Å²) in [5.74, 6) is -0.289. The lowest BCUT2D eigenvalue weighted by atomic mass is 9.89. The van der Waals surface area contributed by atoms with E-state index in [0.717, 1.165) is 5.56 Å². The third kappa shape index (κ3) is 2.93. The summed E-state index contributed by atoms with van der Waals surface area (Å²) in [7, 11) is 0. The lowest BCUT2D eigenvalue weighted by molar-refractivity contribution is -0.117. The van der Waals surface area contributed by atoms with Crippen molar-refractivity contribution < 1.29 is 9.59 Å². The van der Waals surface area contributed by atoms with E-state index < -0.39 is 0 Å². The van der Waals surface area contributed by atoms with Crippen LogP contribution in [0.2, 0.25) is 0 Å². The van der Waals surface area contributed by atoms with Crippen molar-refractivity contribution in [3.63, 3.8) is 0 Å². The molecule has 0 bridgehead atoms. The van der Waals surface area contributed by atoms with E-state index in [1.54, 1.807) is 0 Å². The summed E-state index contributed by atoms with van der Waals surface area (Å²) in [6, 6.07) is 13.2. The summed E-state index contributed by atoms with van der Waals surface area (Å²) in [6.07, 6.45) is 0.265. The molecule has 18 heavy (non-hydrogen) atoms. The van der Waals surface area contributed by atoms with Gasteiger partial charge < -0.3 is 0 Å². The van der Waals surface area contributed by atoms with E-state index in [9.17, 15) is 9.59 Å². The number of hydrogen-bond donors (Lipinski definition) is 0. The van der Waals surface area contributed by atoms with E-state index in [1.807, 2.05) is 47.8 Å².